The second-order valence-electron chi connectivity index (χ2n) is 5.14. The second-order valence-corrected chi connectivity index (χ2v) is 6.07. The van der Waals surface area contributed by atoms with Gasteiger partial charge >= 0.3 is 0 Å². The number of fused-ring (bicyclic) bond motifs is 1. The number of oxazole rings is 1. The van der Waals surface area contributed by atoms with Crippen molar-refractivity contribution in [3.05, 3.63) is 60.4 Å². The number of rotatable bonds is 5. The van der Waals surface area contributed by atoms with E-state index in [2.05, 4.69) is 10.1 Å². The van der Waals surface area contributed by atoms with E-state index in [1.807, 2.05) is 54.6 Å². The van der Waals surface area contributed by atoms with Crippen molar-refractivity contribution in [3.8, 4) is 17.0 Å². The van der Waals surface area contributed by atoms with Gasteiger partial charge in [0.2, 0.25) is 0 Å². The van der Waals surface area contributed by atoms with Crippen LogP contribution in [-0.2, 0) is 5.75 Å². The van der Waals surface area contributed by atoms with E-state index in [1.54, 1.807) is 7.11 Å². The average molecular weight is 338 g/mol. The standard InChI is InChI=1S/C18H14N2O3S/c1-21-13-8-6-12(7-9-13)16-10-14(23-20-16)11-24-18-19-15-4-2-3-5-17(15)22-18/h2-10H,11H2,1H3. The minimum absolute atomic E-state index is 0.607. The Morgan fingerprint density at radius 1 is 1.08 bits per heavy atom. The molecule has 4 rings (SSSR count). The van der Waals surface area contributed by atoms with E-state index in [0.717, 1.165) is 33.9 Å². The second kappa shape index (κ2) is 6.41. The third-order valence-corrected chi connectivity index (χ3v) is 4.41. The van der Waals surface area contributed by atoms with E-state index in [4.69, 9.17) is 13.7 Å². The largest absolute Gasteiger partial charge is 0.497 e. The molecule has 6 heteroatoms. The lowest BCUT2D eigenvalue weighted by atomic mass is 10.1. The van der Waals surface area contributed by atoms with Gasteiger partial charge in [0.1, 0.15) is 22.7 Å². The zero-order valence-electron chi connectivity index (χ0n) is 12.9. The molecule has 0 fully saturated rings. The van der Waals surface area contributed by atoms with Crippen LogP contribution in [0.5, 0.6) is 5.75 Å². The molecule has 2 heterocycles. The first kappa shape index (κ1) is 14.8. The number of para-hydroxylation sites is 2. The van der Waals surface area contributed by atoms with Crippen LogP contribution in [-0.4, -0.2) is 17.3 Å². The minimum Gasteiger partial charge on any atom is -0.497 e. The Morgan fingerprint density at radius 3 is 2.71 bits per heavy atom. The molecule has 2 aromatic heterocycles. The monoisotopic (exact) mass is 338 g/mol. The predicted octanol–water partition coefficient (Wildman–Crippen LogP) is 4.78. The van der Waals surface area contributed by atoms with E-state index in [1.165, 1.54) is 11.8 Å². The summed E-state index contributed by atoms with van der Waals surface area (Å²) in [5.74, 6) is 2.19. The molecule has 4 aromatic rings. The molecule has 0 saturated carbocycles. The van der Waals surface area contributed by atoms with Gasteiger partial charge in [0.25, 0.3) is 5.22 Å². The number of thioether (sulfide) groups is 1. The summed E-state index contributed by atoms with van der Waals surface area (Å²) in [6.45, 7) is 0. The Labute approximate surface area is 142 Å². The summed E-state index contributed by atoms with van der Waals surface area (Å²) in [4.78, 5) is 4.43. The fourth-order valence-electron chi connectivity index (χ4n) is 2.32. The van der Waals surface area contributed by atoms with Crippen LogP contribution in [0.25, 0.3) is 22.4 Å². The first-order chi connectivity index (χ1) is 11.8. The molecular formula is C18H14N2O3S. The highest BCUT2D eigenvalue weighted by molar-refractivity contribution is 7.98. The molecule has 2 aromatic carbocycles. The van der Waals surface area contributed by atoms with Gasteiger partial charge in [0.15, 0.2) is 5.58 Å². The molecule has 0 radical (unpaired) electrons. The highest BCUT2D eigenvalue weighted by atomic mass is 32.2. The molecule has 0 saturated heterocycles. The SMILES string of the molecule is COc1ccc(-c2cc(CSc3nc4ccccc4o3)on2)cc1. The van der Waals surface area contributed by atoms with Crippen LogP contribution in [0.15, 0.2) is 68.8 Å². The normalized spacial score (nSPS) is 11.0. The summed E-state index contributed by atoms with van der Waals surface area (Å²) in [6, 6.07) is 17.3. The molecule has 0 N–H and O–H groups in total. The first-order valence-electron chi connectivity index (χ1n) is 7.40. The lowest BCUT2D eigenvalue weighted by Gasteiger charge is -1.99. The van der Waals surface area contributed by atoms with Crippen LogP contribution in [0.3, 0.4) is 0 Å². The Hall–Kier alpha value is -2.73. The summed E-state index contributed by atoms with van der Waals surface area (Å²) >= 11 is 1.48. The Balaban J connectivity index is 1.46. The number of aromatic nitrogens is 2. The molecule has 0 atom stereocenters. The predicted molar refractivity (Wildman–Crippen MR) is 92.1 cm³/mol. The van der Waals surface area contributed by atoms with Gasteiger partial charge in [-0.15, -0.1) is 0 Å². The zero-order valence-corrected chi connectivity index (χ0v) is 13.7. The van der Waals surface area contributed by atoms with Gasteiger partial charge in [0.05, 0.1) is 12.9 Å². The number of hydrogen-bond acceptors (Lipinski definition) is 6. The van der Waals surface area contributed by atoms with E-state index in [0.29, 0.717) is 11.0 Å². The maximum Gasteiger partial charge on any atom is 0.257 e. The topological polar surface area (TPSA) is 61.3 Å². The maximum atomic E-state index is 5.68. The molecule has 5 nitrogen and oxygen atoms in total. The number of methoxy groups -OCH3 is 1. The zero-order chi connectivity index (χ0) is 16.4. The summed E-state index contributed by atoms with van der Waals surface area (Å²) < 4.78 is 16.2. The smallest absolute Gasteiger partial charge is 0.257 e. The lowest BCUT2D eigenvalue weighted by molar-refractivity contribution is 0.396. The fraction of sp³-hybridized carbons (Fsp3) is 0.111. The van der Waals surface area contributed by atoms with E-state index in [-0.39, 0.29) is 0 Å². The van der Waals surface area contributed by atoms with Crippen LogP contribution in [0.4, 0.5) is 0 Å². The van der Waals surface area contributed by atoms with Crippen LogP contribution in [0.1, 0.15) is 5.76 Å². The molecule has 0 unspecified atom stereocenters. The van der Waals surface area contributed by atoms with Gasteiger partial charge in [-0.25, -0.2) is 4.98 Å². The van der Waals surface area contributed by atoms with Gasteiger partial charge < -0.3 is 13.7 Å². The fourth-order valence-corrected chi connectivity index (χ4v) is 3.04. The van der Waals surface area contributed by atoms with Crippen molar-refractivity contribution >= 4 is 22.9 Å². The van der Waals surface area contributed by atoms with E-state index in [9.17, 15) is 0 Å². The van der Waals surface area contributed by atoms with Gasteiger partial charge in [-0.05, 0) is 36.4 Å². The van der Waals surface area contributed by atoms with Gasteiger partial charge in [-0.2, -0.15) is 0 Å². The Kier molecular flexibility index (Phi) is 3.96. The highest BCUT2D eigenvalue weighted by Gasteiger charge is 2.10. The summed E-state index contributed by atoms with van der Waals surface area (Å²) in [5, 5.41) is 4.74. The third kappa shape index (κ3) is 3.00. The van der Waals surface area contributed by atoms with Crippen LogP contribution in [0, 0.1) is 0 Å². The van der Waals surface area contributed by atoms with Crippen LogP contribution < -0.4 is 4.74 Å². The van der Waals surface area contributed by atoms with Crippen molar-refractivity contribution < 1.29 is 13.7 Å². The molecule has 0 aliphatic carbocycles. The van der Waals surface area contributed by atoms with E-state index >= 15 is 0 Å². The molecule has 0 aliphatic heterocycles. The third-order valence-electron chi connectivity index (χ3n) is 3.56. The van der Waals surface area contributed by atoms with E-state index < -0.39 is 0 Å². The molecule has 0 bridgehead atoms. The van der Waals surface area contributed by atoms with Crippen LogP contribution in [0.2, 0.25) is 0 Å². The number of benzene rings is 2. The summed E-state index contributed by atoms with van der Waals surface area (Å²) in [6.07, 6.45) is 0. The lowest BCUT2D eigenvalue weighted by Crippen LogP contribution is -1.82. The molecular weight excluding hydrogens is 324 g/mol. The van der Waals surface area contributed by atoms with Gasteiger partial charge in [-0.1, -0.05) is 29.1 Å². The molecule has 24 heavy (non-hydrogen) atoms. The quantitative estimate of drug-likeness (QED) is 0.488. The van der Waals surface area contributed by atoms with Crippen molar-refractivity contribution in [1.29, 1.82) is 0 Å². The van der Waals surface area contributed by atoms with Gasteiger partial charge in [0, 0.05) is 11.6 Å². The van der Waals surface area contributed by atoms with Crippen molar-refractivity contribution in [2.45, 2.75) is 11.0 Å². The maximum absolute atomic E-state index is 5.68. The molecule has 0 aliphatic rings. The summed E-state index contributed by atoms with van der Waals surface area (Å²) in [5.41, 5.74) is 3.43. The first-order valence-corrected chi connectivity index (χ1v) is 8.39. The molecule has 120 valence electrons. The Morgan fingerprint density at radius 2 is 1.92 bits per heavy atom. The Bertz CT molecular complexity index is 927. The van der Waals surface area contributed by atoms with Gasteiger partial charge in [-0.3, -0.25) is 0 Å². The minimum atomic E-state index is 0.607. The summed E-state index contributed by atoms with van der Waals surface area (Å²) in [7, 11) is 1.65. The van der Waals surface area contributed by atoms with Crippen molar-refractivity contribution in [1.82, 2.24) is 10.1 Å². The van der Waals surface area contributed by atoms with Crippen molar-refractivity contribution in [3.63, 3.8) is 0 Å². The highest BCUT2D eigenvalue weighted by Crippen LogP contribution is 2.28. The molecule has 0 spiro atoms. The van der Waals surface area contributed by atoms with Crippen molar-refractivity contribution in [2.75, 3.05) is 7.11 Å². The number of hydrogen-bond donors (Lipinski definition) is 0. The molecule has 0 amide bonds. The van der Waals surface area contributed by atoms with Crippen LogP contribution >= 0.6 is 11.8 Å². The number of nitrogens with zero attached hydrogens (tertiary/aromatic N) is 2. The van der Waals surface area contributed by atoms with Crippen molar-refractivity contribution in [2.24, 2.45) is 0 Å². The number of ether oxygens (including phenoxy) is 1. The average Bonchev–Trinajstić information content (AvgIpc) is 3.26.